The molecule has 108 valence electrons. The number of sulfonamides is 1. The van der Waals surface area contributed by atoms with E-state index in [-0.39, 0.29) is 5.75 Å². The van der Waals surface area contributed by atoms with Crippen LogP contribution in [0.1, 0.15) is 55.6 Å². The molecule has 0 amide bonds. The maximum absolute atomic E-state index is 11.8. The van der Waals surface area contributed by atoms with Crippen LogP contribution in [0.25, 0.3) is 0 Å². The lowest BCUT2D eigenvalue weighted by molar-refractivity contribution is 0.577. The number of aryl methyl sites for hydroxylation is 1. The fourth-order valence-electron chi connectivity index (χ4n) is 2.51. The van der Waals surface area contributed by atoms with E-state index in [2.05, 4.69) is 29.2 Å². The van der Waals surface area contributed by atoms with Gasteiger partial charge in [-0.2, -0.15) is 0 Å². The predicted octanol–water partition coefficient (Wildman–Crippen LogP) is 2.66. The lowest BCUT2D eigenvalue weighted by Gasteiger charge is -2.09. The highest BCUT2D eigenvalue weighted by molar-refractivity contribution is 7.89. The van der Waals surface area contributed by atoms with Crippen molar-refractivity contribution in [3.05, 3.63) is 23.0 Å². The topological polar surface area (TPSA) is 51.1 Å². The van der Waals surface area contributed by atoms with E-state index in [1.165, 1.54) is 24.2 Å². The quantitative estimate of drug-likeness (QED) is 0.837. The van der Waals surface area contributed by atoms with Crippen molar-refractivity contribution in [1.29, 1.82) is 0 Å². The Balaban J connectivity index is 2.02. The minimum Gasteiger partial charge on any atom is -0.346 e. The molecule has 1 aliphatic carbocycles. The van der Waals surface area contributed by atoms with E-state index in [9.17, 15) is 8.42 Å². The van der Waals surface area contributed by atoms with Crippen molar-refractivity contribution in [2.24, 2.45) is 0 Å². The molecule has 1 fully saturated rings. The van der Waals surface area contributed by atoms with Crippen molar-refractivity contribution in [1.82, 2.24) is 9.29 Å². The van der Waals surface area contributed by atoms with Crippen LogP contribution >= 0.6 is 0 Å². The maximum atomic E-state index is 11.8. The van der Waals surface area contributed by atoms with E-state index in [0.717, 1.165) is 18.4 Å². The average molecular weight is 284 g/mol. The SMILES string of the molecule is CCCCS(=O)(=O)NCc1cc(C)n(C2CC2)c1C. The Bertz CT molecular complexity index is 542. The van der Waals surface area contributed by atoms with Crippen LogP contribution in [0.5, 0.6) is 0 Å². The standard InChI is InChI=1S/C14H24N2O2S/c1-4-5-8-19(17,18)15-10-13-9-11(2)16(12(13)3)14-6-7-14/h9,14-15H,4-8,10H2,1-3H3. The first-order valence-electron chi connectivity index (χ1n) is 7.09. The zero-order chi connectivity index (χ0) is 14.0. The Labute approximate surface area is 116 Å². The highest BCUT2D eigenvalue weighted by Gasteiger charge is 2.27. The summed E-state index contributed by atoms with van der Waals surface area (Å²) in [5.74, 6) is 0.227. The van der Waals surface area contributed by atoms with Gasteiger partial charge in [0.25, 0.3) is 0 Å². The molecule has 0 unspecified atom stereocenters. The number of nitrogens with zero attached hydrogens (tertiary/aromatic N) is 1. The van der Waals surface area contributed by atoms with Gasteiger partial charge < -0.3 is 4.57 Å². The van der Waals surface area contributed by atoms with Crippen molar-refractivity contribution in [2.75, 3.05) is 5.75 Å². The lowest BCUT2D eigenvalue weighted by Crippen LogP contribution is -2.26. The summed E-state index contributed by atoms with van der Waals surface area (Å²) in [6.45, 7) is 6.60. The van der Waals surface area contributed by atoms with Gasteiger partial charge >= 0.3 is 0 Å². The van der Waals surface area contributed by atoms with Crippen molar-refractivity contribution in [3.63, 3.8) is 0 Å². The largest absolute Gasteiger partial charge is 0.346 e. The van der Waals surface area contributed by atoms with Gasteiger partial charge in [0.1, 0.15) is 0 Å². The number of hydrogen-bond donors (Lipinski definition) is 1. The fourth-order valence-corrected chi connectivity index (χ4v) is 3.70. The highest BCUT2D eigenvalue weighted by Crippen LogP contribution is 2.38. The Hall–Kier alpha value is -0.810. The van der Waals surface area contributed by atoms with Gasteiger partial charge in [-0.05, 0) is 44.7 Å². The summed E-state index contributed by atoms with van der Waals surface area (Å²) < 4.78 is 28.6. The second kappa shape index (κ2) is 5.67. The summed E-state index contributed by atoms with van der Waals surface area (Å²) in [6, 6.07) is 2.75. The van der Waals surface area contributed by atoms with E-state index in [1.54, 1.807) is 0 Å². The molecule has 2 rings (SSSR count). The molecule has 1 heterocycles. The van der Waals surface area contributed by atoms with Gasteiger partial charge in [0.05, 0.1) is 5.75 Å². The molecule has 0 spiro atoms. The molecule has 0 saturated heterocycles. The maximum Gasteiger partial charge on any atom is 0.211 e. The van der Waals surface area contributed by atoms with Gasteiger partial charge in [-0.25, -0.2) is 13.1 Å². The number of rotatable bonds is 7. The molecule has 0 radical (unpaired) electrons. The minimum absolute atomic E-state index is 0.227. The number of nitrogens with one attached hydrogen (secondary N) is 1. The predicted molar refractivity (Wildman–Crippen MR) is 77.7 cm³/mol. The first kappa shape index (κ1) is 14.6. The van der Waals surface area contributed by atoms with Gasteiger partial charge in [-0.3, -0.25) is 0 Å². The fraction of sp³-hybridized carbons (Fsp3) is 0.714. The molecule has 4 nitrogen and oxygen atoms in total. The van der Waals surface area contributed by atoms with Crippen LogP contribution in [0.2, 0.25) is 0 Å². The Kier molecular flexibility index (Phi) is 4.36. The molecular formula is C14H24N2O2S. The molecule has 1 saturated carbocycles. The Morgan fingerprint density at radius 2 is 2.05 bits per heavy atom. The normalized spacial score (nSPS) is 15.9. The molecule has 0 bridgehead atoms. The molecule has 0 aliphatic heterocycles. The van der Waals surface area contributed by atoms with E-state index < -0.39 is 10.0 Å². The van der Waals surface area contributed by atoms with Crippen LogP contribution < -0.4 is 4.72 Å². The third-order valence-corrected chi connectivity index (χ3v) is 5.16. The second-order valence-corrected chi connectivity index (χ2v) is 7.42. The third kappa shape index (κ3) is 3.60. The third-order valence-electron chi connectivity index (χ3n) is 3.75. The average Bonchev–Trinajstić information content (AvgIpc) is 3.12. The van der Waals surface area contributed by atoms with Gasteiger partial charge in [0.15, 0.2) is 0 Å². The van der Waals surface area contributed by atoms with E-state index in [0.29, 0.717) is 12.6 Å². The van der Waals surface area contributed by atoms with Crippen molar-refractivity contribution < 1.29 is 8.42 Å². The van der Waals surface area contributed by atoms with E-state index in [1.807, 2.05) is 6.92 Å². The van der Waals surface area contributed by atoms with Crippen molar-refractivity contribution >= 4 is 10.0 Å². The van der Waals surface area contributed by atoms with Gasteiger partial charge in [-0.15, -0.1) is 0 Å². The van der Waals surface area contributed by atoms with Crippen molar-refractivity contribution in [3.8, 4) is 0 Å². The van der Waals surface area contributed by atoms with Crippen LogP contribution in [-0.2, 0) is 16.6 Å². The van der Waals surface area contributed by atoms with Crippen LogP contribution in [0, 0.1) is 13.8 Å². The molecule has 1 aliphatic rings. The summed E-state index contributed by atoms with van der Waals surface area (Å²) in [6.07, 6.45) is 4.11. The molecule has 1 aromatic rings. The van der Waals surface area contributed by atoms with E-state index >= 15 is 0 Å². The summed E-state index contributed by atoms with van der Waals surface area (Å²) in [4.78, 5) is 0. The summed E-state index contributed by atoms with van der Waals surface area (Å²) >= 11 is 0. The van der Waals surface area contributed by atoms with Gasteiger partial charge in [0, 0.05) is 24.0 Å². The molecule has 0 atom stereocenters. The zero-order valence-electron chi connectivity index (χ0n) is 12.1. The summed E-state index contributed by atoms with van der Waals surface area (Å²) in [5, 5.41) is 0. The van der Waals surface area contributed by atoms with Crippen molar-refractivity contribution in [2.45, 2.75) is 59.0 Å². The van der Waals surface area contributed by atoms with Gasteiger partial charge in [0.2, 0.25) is 10.0 Å². The first-order valence-corrected chi connectivity index (χ1v) is 8.74. The highest BCUT2D eigenvalue weighted by atomic mass is 32.2. The number of hydrogen-bond acceptors (Lipinski definition) is 2. The van der Waals surface area contributed by atoms with Crippen LogP contribution in [-0.4, -0.2) is 18.7 Å². The smallest absolute Gasteiger partial charge is 0.211 e. The number of aromatic nitrogens is 1. The Morgan fingerprint density at radius 1 is 1.37 bits per heavy atom. The van der Waals surface area contributed by atoms with Gasteiger partial charge in [-0.1, -0.05) is 13.3 Å². The number of unbranched alkanes of at least 4 members (excludes halogenated alkanes) is 1. The summed E-state index contributed by atoms with van der Waals surface area (Å²) in [7, 11) is -3.13. The van der Waals surface area contributed by atoms with Crippen LogP contribution in [0.15, 0.2) is 6.07 Å². The van der Waals surface area contributed by atoms with Crippen LogP contribution in [0.4, 0.5) is 0 Å². The first-order chi connectivity index (χ1) is 8.94. The molecule has 1 aromatic heterocycles. The zero-order valence-corrected chi connectivity index (χ0v) is 12.9. The minimum atomic E-state index is -3.13. The summed E-state index contributed by atoms with van der Waals surface area (Å²) in [5.41, 5.74) is 3.55. The molecule has 5 heteroatoms. The molecule has 19 heavy (non-hydrogen) atoms. The van der Waals surface area contributed by atoms with E-state index in [4.69, 9.17) is 0 Å². The molecule has 0 aromatic carbocycles. The lowest BCUT2D eigenvalue weighted by atomic mass is 10.2. The van der Waals surface area contributed by atoms with Crippen LogP contribution in [0.3, 0.4) is 0 Å². The molecular weight excluding hydrogens is 260 g/mol. The second-order valence-electron chi connectivity index (χ2n) is 5.49. The molecule has 1 N–H and O–H groups in total. The Morgan fingerprint density at radius 3 is 2.63 bits per heavy atom. The monoisotopic (exact) mass is 284 g/mol.